The zero-order valence-electron chi connectivity index (χ0n) is 14.4. The zero-order valence-corrected chi connectivity index (χ0v) is 14.4. The summed E-state index contributed by atoms with van der Waals surface area (Å²) in [6.45, 7) is 3.74. The van der Waals surface area contributed by atoms with E-state index in [9.17, 15) is 9.59 Å². The Balaban J connectivity index is 2.12. The fourth-order valence-electron chi connectivity index (χ4n) is 2.31. The lowest BCUT2D eigenvalue weighted by Gasteiger charge is -2.27. The van der Waals surface area contributed by atoms with Gasteiger partial charge in [0.15, 0.2) is 0 Å². The van der Waals surface area contributed by atoms with Crippen molar-refractivity contribution in [1.29, 1.82) is 0 Å². The number of rotatable bonds is 8. The Bertz CT molecular complexity index is 718. The van der Waals surface area contributed by atoms with Crippen molar-refractivity contribution in [3.63, 3.8) is 0 Å². The topological polar surface area (TPSA) is 79.7 Å². The number of carbonyl (C=O) groups is 2. The first kappa shape index (κ1) is 18.4. The maximum absolute atomic E-state index is 12.7. The minimum atomic E-state index is -1.04. The van der Waals surface area contributed by atoms with E-state index in [0.29, 0.717) is 24.5 Å². The molecular weight excluding hydrogens is 320 g/mol. The van der Waals surface area contributed by atoms with Gasteiger partial charge in [0.1, 0.15) is 13.2 Å². The van der Waals surface area contributed by atoms with Crippen LogP contribution in [0.4, 0.5) is 0 Å². The van der Waals surface area contributed by atoms with Gasteiger partial charge in [0.25, 0.3) is 5.91 Å². The van der Waals surface area contributed by atoms with Crippen molar-refractivity contribution in [2.75, 3.05) is 6.54 Å². The van der Waals surface area contributed by atoms with Gasteiger partial charge >= 0.3 is 5.97 Å². The van der Waals surface area contributed by atoms with Crippen molar-refractivity contribution >= 4 is 11.9 Å². The van der Waals surface area contributed by atoms with Crippen LogP contribution in [0.15, 0.2) is 48.7 Å². The third-order valence-corrected chi connectivity index (χ3v) is 3.90. The summed E-state index contributed by atoms with van der Waals surface area (Å²) in [6.07, 6.45) is 2.16. The summed E-state index contributed by atoms with van der Waals surface area (Å²) in [7, 11) is 0. The number of carboxylic acids is 1. The molecule has 6 nitrogen and oxygen atoms in total. The van der Waals surface area contributed by atoms with Gasteiger partial charge in [0, 0.05) is 23.9 Å². The van der Waals surface area contributed by atoms with E-state index in [2.05, 4.69) is 4.98 Å². The van der Waals surface area contributed by atoms with Crippen LogP contribution in [0.3, 0.4) is 0 Å². The highest BCUT2D eigenvalue weighted by Gasteiger charge is 2.23. The molecule has 0 saturated heterocycles. The standard InChI is InChI=1S/C19H22N2O4/c1-3-14(2)21(12-18(22)23)19(24)16-9-10-20-17(11-16)25-13-15-7-5-4-6-8-15/h4-11,14H,3,12-13H2,1-2H3,(H,22,23). The number of aromatic nitrogens is 1. The van der Waals surface area contributed by atoms with Crippen LogP contribution >= 0.6 is 0 Å². The van der Waals surface area contributed by atoms with Crippen molar-refractivity contribution in [3.05, 3.63) is 59.8 Å². The second kappa shape index (κ2) is 8.82. The number of amides is 1. The molecule has 2 aromatic rings. The smallest absolute Gasteiger partial charge is 0.323 e. The molecule has 0 fully saturated rings. The number of hydrogen-bond donors (Lipinski definition) is 1. The van der Waals surface area contributed by atoms with Gasteiger partial charge in [-0.25, -0.2) is 4.98 Å². The zero-order chi connectivity index (χ0) is 18.2. The van der Waals surface area contributed by atoms with Gasteiger partial charge in [-0.05, 0) is 25.0 Å². The van der Waals surface area contributed by atoms with E-state index >= 15 is 0 Å². The molecule has 0 spiro atoms. The third-order valence-electron chi connectivity index (χ3n) is 3.90. The average Bonchev–Trinajstić information content (AvgIpc) is 2.64. The van der Waals surface area contributed by atoms with E-state index in [1.165, 1.54) is 11.1 Å². The van der Waals surface area contributed by atoms with Gasteiger partial charge in [-0.1, -0.05) is 37.3 Å². The summed E-state index contributed by atoms with van der Waals surface area (Å²) in [4.78, 5) is 29.2. The first-order valence-corrected chi connectivity index (χ1v) is 8.16. The van der Waals surface area contributed by atoms with Gasteiger partial charge in [0.05, 0.1) is 0 Å². The molecule has 1 unspecified atom stereocenters. The van der Waals surface area contributed by atoms with E-state index < -0.39 is 5.97 Å². The van der Waals surface area contributed by atoms with E-state index in [1.807, 2.05) is 44.2 Å². The number of pyridine rings is 1. The maximum Gasteiger partial charge on any atom is 0.323 e. The van der Waals surface area contributed by atoms with E-state index in [-0.39, 0.29) is 18.5 Å². The Labute approximate surface area is 147 Å². The van der Waals surface area contributed by atoms with Crippen LogP contribution in [0.25, 0.3) is 0 Å². The molecule has 0 aliphatic heterocycles. The van der Waals surface area contributed by atoms with Crippen molar-refractivity contribution < 1.29 is 19.4 Å². The van der Waals surface area contributed by atoms with Crippen LogP contribution in [0, 0.1) is 0 Å². The summed E-state index contributed by atoms with van der Waals surface area (Å²) >= 11 is 0. The first-order valence-electron chi connectivity index (χ1n) is 8.16. The van der Waals surface area contributed by atoms with Crippen LogP contribution in [-0.4, -0.2) is 39.5 Å². The van der Waals surface area contributed by atoms with E-state index in [1.54, 1.807) is 12.1 Å². The molecule has 1 atom stereocenters. The molecule has 25 heavy (non-hydrogen) atoms. The van der Waals surface area contributed by atoms with Gasteiger partial charge in [-0.15, -0.1) is 0 Å². The molecule has 1 N–H and O–H groups in total. The molecule has 0 radical (unpaired) electrons. The lowest BCUT2D eigenvalue weighted by Crippen LogP contribution is -2.41. The second-order valence-corrected chi connectivity index (χ2v) is 5.74. The van der Waals surface area contributed by atoms with Crippen LogP contribution in [-0.2, 0) is 11.4 Å². The molecule has 1 aromatic heterocycles. The minimum Gasteiger partial charge on any atom is -0.480 e. The Morgan fingerprint density at radius 3 is 2.60 bits per heavy atom. The number of hydrogen-bond acceptors (Lipinski definition) is 4. The molecular formula is C19H22N2O4. The maximum atomic E-state index is 12.7. The predicted molar refractivity (Wildman–Crippen MR) is 93.4 cm³/mol. The summed E-state index contributed by atoms with van der Waals surface area (Å²) in [5.74, 6) is -1.05. The summed E-state index contributed by atoms with van der Waals surface area (Å²) < 4.78 is 5.63. The lowest BCUT2D eigenvalue weighted by molar-refractivity contribution is -0.138. The molecule has 6 heteroatoms. The molecule has 0 aliphatic carbocycles. The molecule has 132 valence electrons. The highest BCUT2D eigenvalue weighted by molar-refractivity contribution is 5.96. The van der Waals surface area contributed by atoms with Crippen molar-refractivity contribution in [2.45, 2.75) is 32.9 Å². The summed E-state index contributed by atoms with van der Waals surface area (Å²) in [5, 5.41) is 9.06. The highest BCUT2D eigenvalue weighted by Crippen LogP contribution is 2.16. The van der Waals surface area contributed by atoms with Crippen molar-refractivity contribution in [2.24, 2.45) is 0 Å². The van der Waals surface area contributed by atoms with Crippen molar-refractivity contribution in [3.8, 4) is 5.88 Å². The Morgan fingerprint density at radius 1 is 1.24 bits per heavy atom. The monoisotopic (exact) mass is 342 g/mol. The fourth-order valence-corrected chi connectivity index (χ4v) is 2.31. The largest absolute Gasteiger partial charge is 0.480 e. The van der Waals surface area contributed by atoms with Gasteiger partial charge < -0.3 is 14.7 Å². The average molecular weight is 342 g/mol. The number of benzene rings is 1. The highest BCUT2D eigenvalue weighted by atomic mass is 16.5. The number of aliphatic carboxylic acids is 1. The van der Waals surface area contributed by atoms with Crippen LogP contribution < -0.4 is 4.74 Å². The van der Waals surface area contributed by atoms with E-state index in [0.717, 1.165) is 5.56 Å². The quantitative estimate of drug-likeness (QED) is 0.798. The van der Waals surface area contributed by atoms with Crippen LogP contribution in [0.1, 0.15) is 36.2 Å². The molecule has 2 rings (SSSR count). The SMILES string of the molecule is CCC(C)N(CC(=O)O)C(=O)c1ccnc(OCc2ccccc2)c1. The predicted octanol–water partition coefficient (Wildman–Crippen LogP) is 2.99. The Kier molecular flexibility index (Phi) is 6.51. The van der Waals surface area contributed by atoms with Crippen molar-refractivity contribution in [1.82, 2.24) is 9.88 Å². The van der Waals surface area contributed by atoms with Crippen LogP contribution in [0.5, 0.6) is 5.88 Å². The van der Waals surface area contributed by atoms with Gasteiger partial charge in [0.2, 0.25) is 5.88 Å². The van der Waals surface area contributed by atoms with Gasteiger partial charge in [-0.2, -0.15) is 0 Å². The molecule has 1 amide bonds. The molecule has 0 bridgehead atoms. The normalized spacial score (nSPS) is 11.6. The molecule has 1 aromatic carbocycles. The second-order valence-electron chi connectivity index (χ2n) is 5.74. The minimum absolute atomic E-state index is 0.176. The molecule has 0 saturated carbocycles. The Morgan fingerprint density at radius 2 is 1.96 bits per heavy atom. The number of carboxylic acid groups (broad SMARTS) is 1. The summed E-state index contributed by atoms with van der Waals surface area (Å²) in [5.41, 5.74) is 1.35. The first-order chi connectivity index (χ1) is 12.0. The third kappa shape index (κ3) is 5.31. The molecule has 1 heterocycles. The van der Waals surface area contributed by atoms with Crippen LogP contribution in [0.2, 0.25) is 0 Å². The lowest BCUT2D eigenvalue weighted by atomic mass is 10.1. The summed E-state index contributed by atoms with van der Waals surface area (Å²) in [6, 6.07) is 12.6. The van der Waals surface area contributed by atoms with Gasteiger partial charge in [-0.3, -0.25) is 9.59 Å². The number of nitrogens with zero attached hydrogens (tertiary/aromatic N) is 2. The molecule has 0 aliphatic rings. The number of carbonyl (C=O) groups excluding carboxylic acids is 1. The van der Waals surface area contributed by atoms with E-state index in [4.69, 9.17) is 9.84 Å². The Hall–Kier alpha value is -2.89. The fraction of sp³-hybridized carbons (Fsp3) is 0.316. The number of ether oxygens (including phenoxy) is 1.